The van der Waals surface area contributed by atoms with E-state index < -0.39 is 6.10 Å². The van der Waals surface area contributed by atoms with Gasteiger partial charge in [0.25, 0.3) is 0 Å². The Morgan fingerprint density at radius 2 is 1.86 bits per heavy atom. The first kappa shape index (κ1) is 21.6. The molecule has 4 aliphatic rings. The van der Waals surface area contributed by atoms with Gasteiger partial charge in [0, 0.05) is 6.42 Å². The van der Waals surface area contributed by atoms with Crippen molar-refractivity contribution < 1.29 is 9.90 Å². The highest BCUT2D eigenvalue weighted by Crippen LogP contribution is 2.67. The van der Waals surface area contributed by atoms with Crippen LogP contribution in [-0.4, -0.2) is 17.0 Å². The third-order valence-corrected chi connectivity index (χ3v) is 10.2. The number of aliphatic hydroxyl groups is 1. The van der Waals surface area contributed by atoms with E-state index in [1.54, 1.807) is 0 Å². The molecule has 0 aliphatic heterocycles. The lowest BCUT2D eigenvalue weighted by molar-refractivity contribution is -0.134. The number of fused-ring (bicyclic) bond motifs is 5. The molecule has 2 nitrogen and oxygen atoms in total. The Bertz CT molecular complexity index is 663. The van der Waals surface area contributed by atoms with E-state index in [4.69, 9.17) is 0 Å². The number of aliphatic hydroxyl groups excluding tert-OH is 1. The van der Waals surface area contributed by atoms with Gasteiger partial charge in [0.1, 0.15) is 6.10 Å². The van der Waals surface area contributed by atoms with Crippen molar-refractivity contribution in [2.24, 2.45) is 46.3 Å². The van der Waals surface area contributed by atoms with Crippen LogP contribution in [0.3, 0.4) is 0 Å². The Hall–Kier alpha value is -0.630. The normalized spacial score (nSPS) is 45.4. The smallest absolute Gasteiger partial charge is 0.165 e. The third-order valence-electron chi connectivity index (χ3n) is 10.2. The van der Waals surface area contributed by atoms with Crippen LogP contribution in [0.1, 0.15) is 98.8 Å². The topological polar surface area (TPSA) is 37.3 Å². The minimum atomic E-state index is -0.735. The molecule has 164 valence electrons. The van der Waals surface area contributed by atoms with Crippen LogP contribution < -0.4 is 0 Å². The average molecular weight is 401 g/mol. The second kappa shape index (κ2) is 7.81. The number of ketones is 1. The molecule has 0 aromatic carbocycles. The summed E-state index contributed by atoms with van der Waals surface area (Å²) in [5.74, 6) is 4.87. The van der Waals surface area contributed by atoms with Crippen molar-refractivity contribution in [2.75, 3.05) is 0 Å². The molecule has 1 N–H and O–H groups in total. The Balaban J connectivity index is 1.51. The van der Waals surface area contributed by atoms with E-state index in [0.717, 1.165) is 29.6 Å². The number of hydrogen-bond donors (Lipinski definition) is 1. The van der Waals surface area contributed by atoms with Crippen molar-refractivity contribution in [1.29, 1.82) is 0 Å². The fourth-order valence-corrected chi connectivity index (χ4v) is 8.56. The Kier molecular flexibility index (Phi) is 5.82. The Morgan fingerprint density at radius 1 is 1.10 bits per heavy atom. The van der Waals surface area contributed by atoms with E-state index in [2.05, 4.69) is 40.7 Å². The maximum Gasteiger partial charge on any atom is 0.165 e. The summed E-state index contributed by atoms with van der Waals surface area (Å²) in [6.45, 7) is 12.2. The van der Waals surface area contributed by atoms with Gasteiger partial charge in [0.15, 0.2) is 5.78 Å². The highest BCUT2D eigenvalue weighted by Gasteiger charge is 2.59. The van der Waals surface area contributed by atoms with Crippen LogP contribution in [0, 0.1) is 46.3 Å². The van der Waals surface area contributed by atoms with E-state index in [-0.39, 0.29) is 11.2 Å². The summed E-state index contributed by atoms with van der Waals surface area (Å²) in [5.41, 5.74) is 1.91. The van der Waals surface area contributed by atoms with Crippen molar-refractivity contribution >= 4 is 5.78 Å². The van der Waals surface area contributed by atoms with Crippen molar-refractivity contribution in [2.45, 2.75) is 105 Å². The average Bonchev–Trinajstić information content (AvgIpc) is 3.00. The number of hydrogen-bond acceptors (Lipinski definition) is 2. The highest BCUT2D eigenvalue weighted by molar-refractivity contribution is 5.86. The first-order valence-corrected chi connectivity index (χ1v) is 12.6. The van der Waals surface area contributed by atoms with E-state index in [9.17, 15) is 9.90 Å². The van der Waals surface area contributed by atoms with Crippen molar-refractivity contribution in [3.05, 3.63) is 11.6 Å². The SMILES string of the molecule is CC(C)CCC[C@@H](C)[C@H]1CC[C@H]2[C@@H]3CC=C4CC(=O)C(O)C[C@]4(C)[C@H]3CC[C@]12C. The standard InChI is InChI=1S/C27H44O2/c1-17(2)7-6-8-18(3)21-11-12-22-20-10-9-19-15-24(28)25(29)16-27(19,5)23(20)13-14-26(21,22)4/h9,17-18,20-23,25,29H,6-8,10-16H2,1-5H3/t18-,20+,21-,22+,23+,25?,26-,27+/m1/s1. The Morgan fingerprint density at radius 3 is 2.59 bits per heavy atom. The van der Waals surface area contributed by atoms with Crippen LogP contribution >= 0.6 is 0 Å². The predicted octanol–water partition coefficient (Wildman–Crippen LogP) is 6.57. The summed E-state index contributed by atoms with van der Waals surface area (Å²) in [6, 6.07) is 0. The lowest BCUT2D eigenvalue weighted by Crippen LogP contribution is -2.52. The molecule has 0 bridgehead atoms. The zero-order chi connectivity index (χ0) is 21.0. The van der Waals surface area contributed by atoms with Gasteiger partial charge in [-0.05, 0) is 84.9 Å². The van der Waals surface area contributed by atoms with Crippen molar-refractivity contribution in [1.82, 2.24) is 0 Å². The molecule has 0 amide bonds. The molecular weight excluding hydrogens is 356 g/mol. The summed E-state index contributed by atoms with van der Waals surface area (Å²) in [7, 11) is 0. The molecule has 4 rings (SSSR count). The van der Waals surface area contributed by atoms with Crippen LogP contribution in [0.4, 0.5) is 0 Å². The quantitative estimate of drug-likeness (QED) is 0.530. The lowest BCUT2D eigenvalue weighted by atomic mass is 9.47. The minimum Gasteiger partial charge on any atom is -0.385 e. The van der Waals surface area contributed by atoms with Crippen LogP contribution in [0.15, 0.2) is 11.6 Å². The van der Waals surface area contributed by atoms with E-state index >= 15 is 0 Å². The molecule has 0 radical (unpaired) electrons. The molecule has 2 heteroatoms. The van der Waals surface area contributed by atoms with Gasteiger partial charge < -0.3 is 5.11 Å². The van der Waals surface area contributed by atoms with Gasteiger partial charge in [-0.3, -0.25) is 4.79 Å². The first-order chi connectivity index (χ1) is 13.7. The summed E-state index contributed by atoms with van der Waals surface area (Å²) in [5, 5.41) is 10.4. The van der Waals surface area contributed by atoms with Gasteiger partial charge in [-0.2, -0.15) is 0 Å². The van der Waals surface area contributed by atoms with E-state index in [1.165, 1.54) is 56.9 Å². The van der Waals surface area contributed by atoms with E-state index in [0.29, 0.717) is 24.2 Å². The van der Waals surface area contributed by atoms with Gasteiger partial charge in [-0.1, -0.05) is 65.5 Å². The molecule has 0 spiro atoms. The number of Topliss-reactive ketones (excluding diaryl/α,β-unsaturated/α-hetero) is 1. The van der Waals surface area contributed by atoms with Gasteiger partial charge >= 0.3 is 0 Å². The fourth-order valence-electron chi connectivity index (χ4n) is 8.56. The number of carbonyl (C=O) groups excluding carboxylic acids is 1. The first-order valence-electron chi connectivity index (χ1n) is 12.6. The molecule has 0 aromatic rings. The maximum absolute atomic E-state index is 12.1. The fraction of sp³-hybridized carbons (Fsp3) is 0.889. The van der Waals surface area contributed by atoms with Gasteiger partial charge in [0.2, 0.25) is 0 Å². The second-order valence-electron chi connectivity index (χ2n) is 12.2. The summed E-state index contributed by atoms with van der Waals surface area (Å²) in [4.78, 5) is 12.1. The number of carbonyl (C=O) groups is 1. The van der Waals surface area contributed by atoms with Gasteiger partial charge in [-0.15, -0.1) is 0 Å². The van der Waals surface area contributed by atoms with Crippen LogP contribution in [-0.2, 0) is 4.79 Å². The largest absolute Gasteiger partial charge is 0.385 e. The monoisotopic (exact) mass is 400 g/mol. The summed E-state index contributed by atoms with van der Waals surface area (Å²) in [6.07, 6.45) is 13.6. The molecule has 1 unspecified atom stereocenters. The zero-order valence-corrected chi connectivity index (χ0v) is 19.5. The zero-order valence-electron chi connectivity index (χ0n) is 19.5. The number of allylic oxidation sites excluding steroid dienone is 2. The molecule has 0 heterocycles. The van der Waals surface area contributed by atoms with Crippen molar-refractivity contribution in [3.63, 3.8) is 0 Å². The maximum atomic E-state index is 12.1. The number of rotatable bonds is 5. The third kappa shape index (κ3) is 3.56. The molecule has 0 aromatic heterocycles. The molecule has 4 aliphatic carbocycles. The van der Waals surface area contributed by atoms with Crippen molar-refractivity contribution in [3.8, 4) is 0 Å². The van der Waals surface area contributed by atoms with Gasteiger partial charge in [-0.25, -0.2) is 0 Å². The summed E-state index contributed by atoms with van der Waals surface area (Å²) >= 11 is 0. The lowest BCUT2D eigenvalue weighted by Gasteiger charge is -2.58. The van der Waals surface area contributed by atoms with Gasteiger partial charge in [0.05, 0.1) is 0 Å². The van der Waals surface area contributed by atoms with E-state index in [1.807, 2.05) is 0 Å². The van der Waals surface area contributed by atoms with Crippen LogP contribution in [0.5, 0.6) is 0 Å². The molecule has 3 fully saturated rings. The molecule has 3 saturated carbocycles. The minimum absolute atomic E-state index is 0.0453. The second-order valence-corrected chi connectivity index (χ2v) is 12.2. The summed E-state index contributed by atoms with van der Waals surface area (Å²) < 4.78 is 0. The molecule has 29 heavy (non-hydrogen) atoms. The Labute approximate surface area is 178 Å². The molecule has 0 saturated heterocycles. The van der Waals surface area contributed by atoms with Crippen LogP contribution in [0.25, 0.3) is 0 Å². The highest BCUT2D eigenvalue weighted by atomic mass is 16.3. The van der Waals surface area contributed by atoms with Crippen LogP contribution in [0.2, 0.25) is 0 Å². The molecule has 8 atom stereocenters. The molecular formula is C27H44O2. The predicted molar refractivity (Wildman–Crippen MR) is 119 cm³/mol.